The molecule has 2 aromatic rings. The third-order valence-electron chi connectivity index (χ3n) is 5.41. The molecule has 0 aliphatic rings. The minimum atomic E-state index is -3.86. The Balaban J connectivity index is 2.53. The van der Waals surface area contributed by atoms with Crippen LogP contribution in [0.4, 0.5) is 5.69 Å². The van der Waals surface area contributed by atoms with E-state index in [1.807, 2.05) is 20.8 Å². The molecular formula is C25H32Cl3N3O4S. The molecule has 0 aromatic heterocycles. The highest BCUT2D eigenvalue weighted by Gasteiger charge is 2.33. The lowest BCUT2D eigenvalue weighted by molar-refractivity contribution is -0.141. The molecule has 2 amide bonds. The summed E-state index contributed by atoms with van der Waals surface area (Å²) in [6.45, 7) is 8.51. The number of anilines is 1. The first-order valence-corrected chi connectivity index (χ1v) is 14.3. The first-order chi connectivity index (χ1) is 16.5. The van der Waals surface area contributed by atoms with E-state index in [1.165, 1.54) is 4.90 Å². The molecule has 0 aliphatic heterocycles. The Labute approximate surface area is 228 Å². The van der Waals surface area contributed by atoms with Gasteiger partial charge in [-0.1, -0.05) is 53.9 Å². The average Bonchev–Trinajstić information content (AvgIpc) is 2.74. The molecule has 0 bridgehead atoms. The van der Waals surface area contributed by atoms with Gasteiger partial charge in [0.25, 0.3) is 0 Å². The van der Waals surface area contributed by atoms with E-state index >= 15 is 0 Å². The van der Waals surface area contributed by atoms with E-state index < -0.39 is 34.1 Å². The van der Waals surface area contributed by atoms with Crippen LogP contribution < -0.4 is 9.62 Å². The molecule has 0 saturated carbocycles. The van der Waals surface area contributed by atoms with Crippen LogP contribution in [0.5, 0.6) is 0 Å². The standard InChI is InChI=1S/C25H32Cl3N3O4S/c1-7-21(24(33)29-25(3,4)5)30(14-17-11-12-19(27)20(28)13-17)23(32)15-31(36(6,34)35)22-10-8-9-18(26)16(22)2/h8-13,21H,7,14-15H2,1-6H3,(H,29,33)/t21-/m0/s1. The fourth-order valence-electron chi connectivity index (χ4n) is 3.67. The number of nitrogens with one attached hydrogen (secondary N) is 1. The van der Waals surface area contributed by atoms with Crippen molar-refractivity contribution in [3.8, 4) is 0 Å². The monoisotopic (exact) mass is 575 g/mol. The molecule has 0 unspecified atom stereocenters. The molecule has 0 radical (unpaired) electrons. The van der Waals surface area contributed by atoms with Gasteiger partial charge in [0, 0.05) is 17.1 Å². The Bertz CT molecular complexity index is 1230. The Morgan fingerprint density at radius 3 is 2.19 bits per heavy atom. The summed E-state index contributed by atoms with van der Waals surface area (Å²) in [6, 6.07) is 8.92. The lowest BCUT2D eigenvalue weighted by Crippen LogP contribution is -2.55. The Kier molecular flexibility index (Phi) is 10.1. The van der Waals surface area contributed by atoms with Gasteiger partial charge in [-0.3, -0.25) is 13.9 Å². The van der Waals surface area contributed by atoms with Crippen LogP contribution in [-0.4, -0.2) is 49.5 Å². The second-order valence-electron chi connectivity index (χ2n) is 9.59. The van der Waals surface area contributed by atoms with E-state index in [0.717, 1.165) is 10.6 Å². The van der Waals surface area contributed by atoms with Gasteiger partial charge in [-0.2, -0.15) is 0 Å². The quantitative estimate of drug-likeness (QED) is 0.430. The van der Waals surface area contributed by atoms with E-state index in [-0.39, 0.29) is 12.5 Å². The van der Waals surface area contributed by atoms with Gasteiger partial charge in [-0.05, 0) is 69.5 Å². The molecule has 2 rings (SSSR count). The molecule has 0 fully saturated rings. The summed E-state index contributed by atoms with van der Waals surface area (Å²) in [4.78, 5) is 28.3. The van der Waals surface area contributed by atoms with Crippen molar-refractivity contribution in [1.29, 1.82) is 0 Å². The van der Waals surface area contributed by atoms with Gasteiger partial charge >= 0.3 is 0 Å². The first kappa shape index (κ1) is 30.2. The van der Waals surface area contributed by atoms with Gasteiger partial charge in [0.05, 0.1) is 22.0 Å². The molecule has 11 heteroatoms. The predicted molar refractivity (Wildman–Crippen MR) is 147 cm³/mol. The summed E-state index contributed by atoms with van der Waals surface area (Å²) in [5.41, 5.74) is 0.926. The molecule has 1 atom stereocenters. The van der Waals surface area contributed by atoms with Crippen molar-refractivity contribution in [2.24, 2.45) is 0 Å². The van der Waals surface area contributed by atoms with Crippen LogP contribution in [0.1, 0.15) is 45.2 Å². The number of benzene rings is 2. The van der Waals surface area contributed by atoms with E-state index in [4.69, 9.17) is 34.8 Å². The molecule has 0 saturated heterocycles. The molecular weight excluding hydrogens is 545 g/mol. The maximum absolute atomic E-state index is 13.7. The summed E-state index contributed by atoms with van der Waals surface area (Å²) in [7, 11) is -3.86. The zero-order valence-corrected chi connectivity index (χ0v) is 24.3. The van der Waals surface area contributed by atoms with Crippen molar-refractivity contribution in [2.75, 3.05) is 17.1 Å². The van der Waals surface area contributed by atoms with E-state index in [1.54, 1.807) is 50.2 Å². The minimum Gasteiger partial charge on any atom is -0.350 e. The third-order valence-corrected chi connectivity index (χ3v) is 7.68. The smallest absolute Gasteiger partial charge is 0.244 e. The molecule has 36 heavy (non-hydrogen) atoms. The summed E-state index contributed by atoms with van der Waals surface area (Å²) in [5.74, 6) is -0.898. The largest absolute Gasteiger partial charge is 0.350 e. The van der Waals surface area contributed by atoms with E-state index in [0.29, 0.717) is 38.3 Å². The number of carbonyl (C=O) groups is 2. The van der Waals surface area contributed by atoms with Gasteiger partial charge < -0.3 is 10.2 Å². The Morgan fingerprint density at radius 2 is 1.67 bits per heavy atom. The van der Waals surface area contributed by atoms with Crippen LogP contribution in [-0.2, 0) is 26.2 Å². The van der Waals surface area contributed by atoms with Crippen LogP contribution in [0.3, 0.4) is 0 Å². The Hall–Kier alpha value is -2.00. The third kappa shape index (κ3) is 8.00. The number of hydrogen-bond donors (Lipinski definition) is 1. The van der Waals surface area contributed by atoms with E-state index in [2.05, 4.69) is 5.32 Å². The minimum absolute atomic E-state index is 0.0257. The fraction of sp³-hybridized carbons (Fsp3) is 0.440. The second kappa shape index (κ2) is 12.0. The summed E-state index contributed by atoms with van der Waals surface area (Å²) < 4.78 is 26.5. The number of halogens is 3. The van der Waals surface area contributed by atoms with Gasteiger partial charge in [0.2, 0.25) is 21.8 Å². The molecule has 198 valence electrons. The molecule has 1 N–H and O–H groups in total. The van der Waals surface area contributed by atoms with Crippen molar-refractivity contribution in [2.45, 2.75) is 59.2 Å². The topological polar surface area (TPSA) is 86.8 Å². The zero-order valence-electron chi connectivity index (χ0n) is 21.2. The SMILES string of the molecule is CC[C@@H](C(=O)NC(C)(C)C)N(Cc1ccc(Cl)c(Cl)c1)C(=O)CN(c1cccc(Cl)c1C)S(C)(=O)=O. The lowest BCUT2D eigenvalue weighted by atomic mass is 10.1. The van der Waals surface area contributed by atoms with Gasteiger partial charge in [0.1, 0.15) is 12.6 Å². The number of amides is 2. The van der Waals surface area contributed by atoms with Gasteiger partial charge in [0.15, 0.2) is 0 Å². The summed E-state index contributed by atoms with van der Waals surface area (Å²) in [5, 5.41) is 3.95. The first-order valence-electron chi connectivity index (χ1n) is 11.3. The van der Waals surface area contributed by atoms with Crippen molar-refractivity contribution in [3.05, 3.63) is 62.6 Å². The number of rotatable bonds is 9. The van der Waals surface area contributed by atoms with Crippen LogP contribution in [0.25, 0.3) is 0 Å². The number of carbonyl (C=O) groups excluding carboxylic acids is 2. The maximum atomic E-state index is 13.7. The summed E-state index contributed by atoms with van der Waals surface area (Å²) >= 11 is 18.5. The molecule has 2 aromatic carbocycles. The van der Waals surface area contributed by atoms with Gasteiger partial charge in [-0.15, -0.1) is 0 Å². The van der Waals surface area contributed by atoms with E-state index in [9.17, 15) is 18.0 Å². The van der Waals surface area contributed by atoms with Crippen molar-refractivity contribution in [1.82, 2.24) is 10.2 Å². The Morgan fingerprint density at radius 1 is 1.03 bits per heavy atom. The molecule has 0 spiro atoms. The molecule has 0 heterocycles. The van der Waals surface area contributed by atoms with Crippen molar-refractivity contribution in [3.63, 3.8) is 0 Å². The zero-order chi connectivity index (χ0) is 27.4. The highest BCUT2D eigenvalue weighted by Crippen LogP contribution is 2.29. The lowest BCUT2D eigenvalue weighted by Gasteiger charge is -2.34. The van der Waals surface area contributed by atoms with Crippen LogP contribution in [0, 0.1) is 6.92 Å². The second-order valence-corrected chi connectivity index (χ2v) is 12.7. The number of sulfonamides is 1. The highest BCUT2D eigenvalue weighted by atomic mass is 35.5. The van der Waals surface area contributed by atoms with Crippen LogP contribution in [0.15, 0.2) is 36.4 Å². The fourth-order valence-corrected chi connectivity index (χ4v) is 5.06. The van der Waals surface area contributed by atoms with Crippen molar-refractivity contribution >= 4 is 62.3 Å². The predicted octanol–water partition coefficient (Wildman–Crippen LogP) is 5.44. The van der Waals surface area contributed by atoms with Crippen LogP contribution >= 0.6 is 34.8 Å². The van der Waals surface area contributed by atoms with Crippen molar-refractivity contribution < 1.29 is 18.0 Å². The molecule has 7 nitrogen and oxygen atoms in total. The molecule has 0 aliphatic carbocycles. The normalized spacial score (nSPS) is 12.7. The number of nitrogens with zero attached hydrogens (tertiary/aromatic N) is 2. The number of hydrogen-bond acceptors (Lipinski definition) is 4. The maximum Gasteiger partial charge on any atom is 0.244 e. The highest BCUT2D eigenvalue weighted by molar-refractivity contribution is 7.92. The van der Waals surface area contributed by atoms with Gasteiger partial charge in [-0.25, -0.2) is 8.42 Å². The summed E-state index contributed by atoms with van der Waals surface area (Å²) in [6.07, 6.45) is 1.33. The average molecular weight is 577 g/mol. The van der Waals surface area contributed by atoms with Crippen LogP contribution in [0.2, 0.25) is 15.1 Å².